The Bertz CT molecular complexity index is 1190. The van der Waals surface area contributed by atoms with Gasteiger partial charge in [0.2, 0.25) is 0 Å². The van der Waals surface area contributed by atoms with Gasteiger partial charge in [-0.3, -0.25) is 9.59 Å². The highest BCUT2D eigenvalue weighted by atomic mass is 32.1. The summed E-state index contributed by atoms with van der Waals surface area (Å²) in [4.78, 5) is 27.7. The number of carbonyl (C=O) groups excluding carboxylic acids is 2. The molecule has 0 fully saturated rings. The first-order valence-electron chi connectivity index (χ1n) is 11.5. The second-order valence-electron chi connectivity index (χ2n) is 10.1. The summed E-state index contributed by atoms with van der Waals surface area (Å²) >= 11 is 1.56. The molecule has 1 aliphatic carbocycles. The van der Waals surface area contributed by atoms with Crippen LogP contribution in [0.2, 0.25) is 0 Å². The summed E-state index contributed by atoms with van der Waals surface area (Å²) in [5.74, 6) is 0.201. The van der Waals surface area contributed by atoms with E-state index in [1.165, 1.54) is 10.4 Å². The number of nitrogens with one attached hydrogen (secondary N) is 2. The molecule has 0 bridgehead atoms. The van der Waals surface area contributed by atoms with Crippen molar-refractivity contribution in [3.8, 4) is 0 Å². The Kier molecular flexibility index (Phi) is 6.44. The summed E-state index contributed by atoms with van der Waals surface area (Å²) in [6.07, 6.45) is 2.84. The first kappa shape index (κ1) is 23.2. The van der Waals surface area contributed by atoms with Crippen LogP contribution < -0.4 is 10.6 Å². The minimum atomic E-state index is -0.193. The van der Waals surface area contributed by atoms with Crippen LogP contribution >= 0.6 is 11.3 Å². The first-order valence-corrected chi connectivity index (χ1v) is 12.3. The quantitative estimate of drug-likeness (QED) is 0.439. The smallest absolute Gasteiger partial charge is 0.258 e. The summed E-state index contributed by atoms with van der Waals surface area (Å²) < 4.78 is 0. The van der Waals surface area contributed by atoms with E-state index in [1.54, 1.807) is 23.5 Å². The van der Waals surface area contributed by atoms with Gasteiger partial charge in [-0.05, 0) is 85.4 Å². The van der Waals surface area contributed by atoms with Crippen LogP contribution in [0.5, 0.6) is 0 Å². The van der Waals surface area contributed by atoms with Gasteiger partial charge in [0.25, 0.3) is 11.8 Å². The van der Waals surface area contributed by atoms with Crippen molar-refractivity contribution in [1.29, 1.82) is 0 Å². The fourth-order valence-electron chi connectivity index (χ4n) is 4.43. The van der Waals surface area contributed by atoms with Gasteiger partial charge >= 0.3 is 0 Å². The molecule has 2 N–H and O–H groups in total. The van der Waals surface area contributed by atoms with Crippen LogP contribution in [-0.4, -0.2) is 11.8 Å². The van der Waals surface area contributed by atoms with Gasteiger partial charge in [0.1, 0.15) is 5.00 Å². The molecule has 1 heterocycles. The van der Waals surface area contributed by atoms with Crippen LogP contribution in [0.25, 0.3) is 0 Å². The van der Waals surface area contributed by atoms with Crippen LogP contribution in [0.15, 0.2) is 48.5 Å². The Hall–Kier alpha value is -2.92. The number of anilines is 2. The zero-order valence-electron chi connectivity index (χ0n) is 20.0. The molecule has 172 valence electrons. The predicted molar refractivity (Wildman–Crippen MR) is 138 cm³/mol. The minimum absolute atomic E-state index is 0.159. The van der Waals surface area contributed by atoms with Crippen molar-refractivity contribution in [3.63, 3.8) is 0 Å². The van der Waals surface area contributed by atoms with E-state index < -0.39 is 0 Å². The normalized spacial score (nSPS) is 15.6. The Balaban J connectivity index is 1.69. The van der Waals surface area contributed by atoms with Crippen LogP contribution in [0.3, 0.4) is 0 Å². The van der Waals surface area contributed by atoms with Gasteiger partial charge in [0.15, 0.2) is 0 Å². The molecule has 1 atom stereocenters. The van der Waals surface area contributed by atoms with Crippen LogP contribution in [0.4, 0.5) is 10.7 Å². The number of fused-ring (bicyclic) bond motifs is 1. The standard InChI is InChI=1S/C28H32N2O2S/c1-17-11-13-21(15-18(17)2)29-26(32)24-22-14-12-20(28(3,4)5)16-23(22)33-27(24)30-25(31)19-9-7-6-8-10-19/h6-11,13,15,20H,12,14,16H2,1-5H3,(H,29,32)(H,30,31). The molecule has 1 aliphatic rings. The third kappa shape index (κ3) is 5.03. The van der Waals surface area contributed by atoms with E-state index in [4.69, 9.17) is 0 Å². The zero-order valence-corrected chi connectivity index (χ0v) is 20.9. The Morgan fingerprint density at radius 3 is 2.33 bits per heavy atom. The molecule has 2 aromatic carbocycles. The predicted octanol–water partition coefficient (Wildman–Crippen LogP) is 7.02. The molecule has 1 unspecified atom stereocenters. The number of rotatable bonds is 4. The maximum atomic E-state index is 13.5. The topological polar surface area (TPSA) is 58.2 Å². The highest BCUT2D eigenvalue weighted by Gasteiger charge is 2.34. The second kappa shape index (κ2) is 9.14. The Morgan fingerprint density at radius 1 is 0.939 bits per heavy atom. The van der Waals surface area contributed by atoms with Gasteiger partial charge in [0.05, 0.1) is 5.56 Å². The van der Waals surface area contributed by atoms with Gasteiger partial charge in [0, 0.05) is 16.1 Å². The molecule has 4 rings (SSSR count). The van der Waals surface area contributed by atoms with Gasteiger partial charge in [-0.25, -0.2) is 0 Å². The number of benzene rings is 2. The molecule has 2 amide bonds. The molecule has 4 nitrogen and oxygen atoms in total. The third-order valence-electron chi connectivity index (χ3n) is 6.74. The van der Waals surface area contributed by atoms with Crippen molar-refractivity contribution >= 4 is 33.8 Å². The average Bonchev–Trinajstić information content (AvgIpc) is 3.13. The van der Waals surface area contributed by atoms with E-state index in [2.05, 4.69) is 38.3 Å². The van der Waals surface area contributed by atoms with Gasteiger partial charge in [-0.2, -0.15) is 0 Å². The summed E-state index contributed by atoms with van der Waals surface area (Å²) in [5.41, 5.74) is 5.58. The van der Waals surface area contributed by atoms with E-state index in [0.29, 0.717) is 22.0 Å². The molecular formula is C28H32N2O2S. The van der Waals surface area contributed by atoms with Gasteiger partial charge < -0.3 is 10.6 Å². The fraction of sp³-hybridized carbons (Fsp3) is 0.357. The van der Waals surface area contributed by atoms with Crippen LogP contribution in [-0.2, 0) is 12.8 Å². The highest BCUT2D eigenvalue weighted by Crippen LogP contribution is 2.44. The Morgan fingerprint density at radius 2 is 1.67 bits per heavy atom. The molecule has 1 aromatic heterocycles. The lowest BCUT2D eigenvalue weighted by Gasteiger charge is -2.33. The lowest BCUT2D eigenvalue weighted by molar-refractivity contribution is 0.102. The molecule has 0 aliphatic heterocycles. The van der Waals surface area contributed by atoms with E-state index >= 15 is 0 Å². The molecule has 0 saturated heterocycles. The molecule has 33 heavy (non-hydrogen) atoms. The third-order valence-corrected chi connectivity index (χ3v) is 7.91. The van der Waals surface area contributed by atoms with Crippen molar-refractivity contribution in [2.45, 2.75) is 53.9 Å². The maximum Gasteiger partial charge on any atom is 0.258 e. The Labute approximate surface area is 200 Å². The van der Waals surface area contributed by atoms with E-state index in [1.807, 2.05) is 43.3 Å². The molecule has 3 aromatic rings. The zero-order chi connectivity index (χ0) is 23.8. The van der Waals surface area contributed by atoms with Crippen molar-refractivity contribution in [3.05, 3.63) is 81.2 Å². The minimum Gasteiger partial charge on any atom is -0.322 e. The summed E-state index contributed by atoms with van der Waals surface area (Å²) in [7, 11) is 0. The van der Waals surface area contributed by atoms with E-state index in [0.717, 1.165) is 36.1 Å². The molecule has 0 spiro atoms. The molecular weight excluding hydrogens is 428 g/mol. The SMILES string of the molecule is Cc1ccc(NC(=O)c2c(NC(=O)c3ccccc3)sc3c2CCC(C(C)(C)C)C3)cc1C. The number of hydrogen-bond acceptors (Lipinski definition) is 3. The number of amides is 2. The van der Waals surface area contributed by atoms with Crippen molar-refractivity contribution < 1.29 is 9.59 Å². The maximum absolute atomic E-state index is 13.5. The van der Waals surface area contributed by atoms with Crippen molar-refractivity contribution in [2.75, 3.05) is 10.6 Å². The largest absolute Gasteiger partial charge is 0.322 e. The van der Waals surface area contributed by atoms with Crippen molar-refractivity contribution in [1.82, 2.24) is 0 Å². The van der Waals surface area contributed by atoms with Crippen LogP contribution in [0, 0.1) is 25.2 Å². The fourth-order valence-corrected chi connectivity index (χ4v) is 5.75. The molecule has 5 heteroatoms. The summed E-state index contributed by atoms with van der Waals surface area (Å²) in [6, 6.07) is 15.1. The lowest BCUT2D eigenvalue weighted by atomic mass is 9.72. The van der Waals surface area contributed by atoms with Crippen LogP contribution in [0.1, 0.15) is 69.5 Å². The van der Waals surface area contributed by atoms with Crippen molar-refractivity contribution in [2.24, 2.45) is 11.3 Å². The monoisotopic (exact) mass is 460 g/mol. The number of hydrogen-bond donors (Lipinski definition) is 2. The number of carbonyl (C=O) groups is 2. The van der Waals surface area contributed by atoms with Gasteiger partial charge in [-0.15, -0.1) is 11.3 Å². The summed E-state index contributed by atoms with van der Waals surface area (Å²) in [6.45, 7) is 10.9. The first-order chi connectivity index (χ1) is 15.6. The second-order valence-corrected chi connectivity index (χ2v) is 11.2. The molecule has 0 saturated carbocycles. The number of aryl methyl sites for hydroxylation is 2. The highest BCUT2D eigenvalue weighted by molar-refractivity contribution is 7.17. The molecule has 0 radical (unpaired) electrons. The number of thiophene rings is 1. The average molecular weight is 461 g/mol. The van der Waals surface area contributed by atoms with E-state index in [9.17, 15) is 9.59 Å². The van der Waals surface area contributed by atoms with Gasteiger partial charge in [-0.1, -0.05) is 45.0 Å². The van der Waals surface area contributed by atoms with E-state index in [-0.39, 0.29) is 17.2 Å². The lowest BCUT2D eigenvalue weighted by Crippen LogP contribution is -2.27. The summed E-state index contributed by atoms with van der Waals surface area (Å²) in [5, 5.41) is 6.76.